The van der Waals surface area contributed by atoms with Crippen molar-refractivity contribution < 1.29 is 17.9 Å². The third-order valence-electron chi connectivity index (χ3n) is 4.76. The Kier molecular flexibility index (Phi) is 5.83. The summed E-state index contributed by atoms with van der Waals surface area (Å²) in [6.45, 7) is 5.76. The molecule has 0 fully saturated rings. The van der Waals surface area contributed by atoms with Gasteiger partial charge in [-0.05, 0) is 42.3 Å². The number of hydrogen-bond donors (Lipinski definition) is 0. The van der Waals surface area contributed by atoms with Crippen LogP contribution in [0.2, 0.25) is 5.02 Å². The van der Waals surface area contributed by atoms with Crippen LogP contribution in [0.1, 0.15) is 10.4 Å². The fourth-order valence-electron chi connectivity index (χ4n) is 3.36. The van der Waals surface area contributed by atoms with Crippen molar-refractivity contribution >= 4 is 29.0 Å². The third-order valence-corrected chi connectivity index (χ3v) is 6.18. The van der Waals surface area contributed by atoms with Crippen molar-refractivity contribution in [3.63, 3.8) is 0 Å². The first-order chi connectivity index (χ1) is 15.2. The van der Waals surface area contributed by atoms with E-state index in [0.29, 0.717) is 27.8 Å². The number of aromatic nitrogens is 3. The van der Waals surface area contributed by atoms with Crippen LogP contribution in [0.25, 0.3) is 39.3 Å². The Morgan fingerprint density at radius 1 is 1.16 bits per heavy atom. The molecule has 4 nitrogen and oxygen atoms in total. The molecule has 4 rings (SSSR count). The van der Waals surface area contributed by atoms with Crippen LogP contribution in [0.5, 0.6) is 5.75 Å². The van der Waals surface area contributed by atoms with E-state index in [4.69, 9.17) is 16.6 Å². The normalized spacial score (nSPS) is 11.6. The number of hydrogen-bond acceptors (Lipinski definition) is 4. The molecule has 0 aliphatic heterocycles. The lowest BCUT2D eigenvalue weighted by atomic mass is 10.1. The summed E-state index contributed by atoms with van der Waals surface area (Å²) in [4.78, 5) is 6.45. The van der Waals surface area contributed by atoms with Crippen molar-refractivity contribution in [2.24, 2.45) is 7.05 Å². The third kappa shape index (κ3) is 4.42. The van der Waals surface area contributed by atoms with Crippen LogP contribution in [0, 0.1) is 6.92 Å². The summed E-state index contributed by atoms with van der Waals surface area (Å²) in [5, 5.41) is 5.05. The molecule has 4 aromatic rings. The van der Waals surface area contributed by atoms with Gasteiger partial charge in [0.15, 0.2) is 11.6 Å². The summed E-state index contributed by atoms with van der Waals surface area (Å²) in [5.74, 6) is 0.826. The van der Waals surface area contributed by atoms with Crippen LogP contribution >= 0.6 is 22.9 Å². The number of nitrogens with zero attached hydrogens (tertiary/aromatic N) is 3. The number of rotatable bonds is 5. The minimum atomic E-state index is -4.74. The fourth-order valence-corrected chi connectivity index (χ4v) is 4.64. The highest BCUT2D eigenvalue weighted by Gasteiger charge is 2.31. The molecule has 0 aliphatic rings. The molecule has 0 atom stereocenters. The van der Waals surface area contributed by atoms with E-state index in [9.17, 15) is 13.2 Å². The molecule has 2 aromatic heterocycles. The number of benzene rings is 2. The van der Waals surface area contributed by atoms with E-state index >= 15 is 0 Å². The van der Waals surface area contributed by atoms with E-state index in [1.54, 1.807) is 29.9 Å². The minimum absolute atomic E-state index is 0.265. The zero-order valence-corrected chi connectivity index (χ0v) is 18.6. The predicted molar refractivity (Wildman–Crippen MR) is 122 cm³/mol. The smallest absolute Gasteiger partial charge is 0.406 e. The first-order valence-electron chi connectivity index (χ1n) is 9.45. The molecule has 0 spiro atoms. The molecule has 9 heteroatoms. The van der Waals surface area contributed by atoms with Crippen molar-refractivity contribution in [3.8, 4) is 39.0 Å². The molecule has 0 N–H and O–H groups in total. The number of alkyl halides is 3. The second-order valence-electron chi connectivity index (χ2n) is 6.95. The highest BCUT2D eigenvalue weighted by molar-refractivity contribution is 7.16. The molecular weight excluding hydrogens is 459 g/mol. The maximum absolute atomic E-state index is 12.6. The Hall–Kier alpha value is -3.10. The molecule has 0 radical (unpaired) electrons. The number of thiophene rings is 1. The summed E-state index contributed by atoms with van der Waals surface area (Å²) in [5.41, 5.74) is 2.96. The lowest BCUT2D eigenvalue weighted by Crippen LogP contribution is -2.17. The molecule has 164 valence electrons. The average molecular weight is 476 g/mol. The predicted octanol–water partition coefficient (Wildman–Crippen LogP) is 7.38. The van der Waals surface area contributed by atoms with Gasteiger partial charge in [0.2, 0.25) is 0 Å². The highest BCUT2D eigenvalue weighted by atomic mass is 35.5. The molecule has 0 unspecified atom stereocenters. The van der Waals surface area contributed by atoms with Gasteiger partial charge in [-0.2, -0.15) is 5.10 Å². The molecule has 2 heterocycles. The lowest BCUT2D eigenvalue weighted by molar-refractivity contribution is -0.274. The number of halogens is 4. The molecule has 0 bridgehead atoms. The van der Waals surface area contributed by atoms with Crippen LogP contribution in [0.4, 0.5) is 13.2 Å². The van der Waals surface area contributed by atoms with E-state index in [-0.39, 0.29) is 5.75 Å². The maximum Gasteiger partial charge on any atom is 0.573 e. The van der Waals surface area contributed by atoms with Crippen LogP contribution in [0.15, 0.2) is 55.1 Å². The van der Waals surface area contributed by atoms with Gasteiger partial charge in [0.25, 0.3) is 0 Å². The Morgan fingerprint density at radius 3 is 2.62 bits per heavy atom. The maximum atomic E-state index is 12.6. The van der Waals surface area contributed by atoms with Gasteiger partial charge in [0.05, 0.1) is 5.02 Å². The molecule has 0 saturated carbocycles. The largest absolute Gasteiger partial charge is 0.573 e. The number of ether oxygens (including phenoxy) is 1. The second kappa shape index (κ2) is 8.44. The minimum Gasteiger partial charge on any atom is -0.406 e. The van der Waals surface area contributed by atoms with Gasteiger partial charge in [0, 0.05) is 27.9 Å². The van der Waals surface area contributed by atoms with Crippen molar-refractivity contribution in [2.75, 3.05) is 0 Å². The first kappa shape index (κ1) is 22.1. The molecule has 0 amide bonds. The monoisotopic (exact) mass is 475 g/mol. The highest BCUT2D eigenvalue weighted by Crippen LogP contribution is 2.39. The van der Waals surface area contributed by atoms with E-state index in [2.05, 4.69) is 16.4 Å². The van der Waals surface area contributed by atoms with Gasteiger partial charge in [-0.1, -0.05) is 48.5 Å². The van der Waals surface area contributed by atoms with Crippen LogP contribution in [-0.4, -0.2) is 21.1 Å². The van der Waals surface area contributed by atoms with Crippen molar-refractivity contribution in [1.82, 2.24) is 14.8 Å². The summed E-state index contributed by atoms with van der Waals surface area (Å²) in [6, 6.07) is 13.3. The van der Waals surface area contributed by atoms with Gasteiger partial charge in [0.1, 0.15) is 5.75 Å². The summed E-state index contributed by atoms with van der Waals surface area (Å²) >= 11 is 7.85. The average Bonchev–Trinajstić information content (AvgIpc) is 3.29. The standard InChI is InChI=1S/C23H17ClF3N3OS/c1-4-14-7-6-10-18(24)20(14)21-28-22(30(3)29-21)17-12-19(32-13(17)2)15-8-5-9-16(11-15)31-23(25,26)27/h4-12H,1H2,2-3H3. The fraction of sp³-hybridized carbons (Fsp3) is 0.130. The topological polar surface area (TPSA) is 39.9 Å². The summed E-state index contributed by atoms with van der Waals surface area (Å²) in [7, 11) is 1.78. The lowest BCUT2D eigenvalue weighted by Gasteiger charge is -2.09. The van der Waals surface area contributed by atoms with Gasteiger partial charge in [-0.3, -0.25) is 0 Å². The van der Waals surface area contributed by atoms with Crippen LogP contribution in [-0.2, 0) is 7.05 Å². The van der Waals surface area contributed by atoms with Crippen molar-refractivity contribution in [1.29, 1.82) is 0 Å². The van der Waals surface area contributed by atoms with Gasteiger partial charge in [-0.25, -0.2) is 9.67 Å². The SMILES string of the molecule is C=Cc1cccc(Cl)c1-c1nc(-c2cc(-c3cccc(OC(F)(F)F)c3)sc2C)n(C)n1. The molecule has 0 aliphatic carbocycles. The summed E-state index contributed by atoms with van der Waals surface area (Å²) in [6.07, 6.45) is -3.05. The van der Waals surface area contributed by atoms with E-state index in [0.717, 1.165) is 20.9 Å². The van der Waals surface area contributed by atoms with Gasteiger partial charge < -0.3 is 4.74 Å². The Morgan fingerprint density at radius 2 is 1.91 bits per heavy atom. The second-order valence-corrected chi connectivity index (χ2v) is 8.61. The molecule has 2 aromatic carbocycles. The van der Waals surface area contributed by atoms with E-state index in [1.165, 1.54) is 29.5 Å². The number of aryl methyl sites for hydroxylation is 2. The zero-order chi connectivity index (χ0) is 23.0. The Bertz CT molecular complexity index is 1310. The van der Waals surface area contributed by atoms with E-state index in [1.807, 2.05) is 25.1 Å². The zero-order valence-electron chi connectivity index (χ0n) is 17.1. The Balaban J connectivity index is 1.74. The van der Waals surface area contributed by atoms with Crippen LogP contribution < -0.4 is 4.74 Å². The quantitative estimate of drug-likeness (QED) is 0.302. The molecule has 32 heavy (non-hydrogen) atoms. The molecular formula is C23H17ClF3N3OS. The van der Waals surface area contributed by atoms with Gasteiger partial charge in [-0.15, -0.1) is 24.5 Å². The van der Waals surface area contributed by atoms with E-state index < -0.39 is 6.36 Å². The molecule has 0 saturated heterocycles. The van der Waals surface area contributed by atoms with Gasteiger partial charge >= 0.3 is 6.36 Å². The van der Waals surface area contributed by atoms with Crippen LogP contribution in [0.3, 0.4) is 0 Å². The summed E-state index contributed by atoms with van der Waals surface area (Å²) < 4.78 is 43.5. The van der Waals surface area contributed by atoms with Crippen molar-refractivity contribution in [2.45, 2.75) is 13.3 Å². The Labute approximate surface area is 191 Å². The first-order valence-corrected chi connectivity index (χ1v) is 10.6. The van der Waals surface area contributed by atoms with Crippen molar-refractivity contribution in [3.05, 3.63) is 70.6 Å².